The Hall–Kier alpha value is -1.13. The molecule has 0 radical (unpaired) electrons. The second-order valence-electron chi connectivity index (χ2n) is 6.13. The number of anilines is 1. The van der Waals surface area contributed by atoms with Crippen LogP contribution in [0.3, 0.4) is 0 Å². The largest absolute Gasteiger partial charge is 0.370 e. The first-order valence-corrected chi connectivity index (χ1v) is 7.68. The van der Waals surface area contributed by atoms with Crippen molar-refractivity contribution in [3.05, 3.63) is 23.5 Å². The van der Waals surface area contributed by atoms with Gasteiger partial charge in [0.1, 0.15) is 0 Å². The van der Waals surface area contributed by atoms with E-state index in [2.05, 4.69) is 54.0 Å². The van der Waals surface area contributed by atoms with E-state index in [1.807, 2.05) is 6.20 Å². The first kappa shape index (κ1) is 15.3. The van der Waals surface area contributed by atoms with E-state index in [4.69, 9.17) is 0 Å². The van der Waals surface area contributed by atoms with Gasteiger partial charge in [-0.05, 0) is 33.0 Å². The highest BCUT2D eigenvalue weighted by Crippen LogP contribution is 2.22. The normalized spacial score (nSPS) is 17.6. The van der Waals surface area contributed by atoms with Crippen molar-refractivity contribution >= 4 is 5.69 Å². The number of hydrogen-bond acceptors (Lipinski definition) is 4. The Kier molecular flexibility index (Phi) is 5.38. The van der Waals surface area contributed by atoms with Crippen LogP contribution >= 0.6 is 0 Å². The van der Waals surface area contributed by atoms with E-state index < -0.39 is 0 Å². The fourth-order valence-corrected chi connectivity index (χ4v) is 2.61. The van der Waals surface area contributed by atoms with Crippen LogP contribution in [0, 0.1) is 6.92 Å². The van der Waals surface area contributed by atoms with Crippen molar-refractivity contribution in [1.29, 1.82) is 0 Å². The number of nitrogens with zero attached hydrogens (tertiary/aromatic N) is 3. The van der Waals surface area contributed by atoms with Gasteiger partial charge >= 0.3 is 0 Å². The van der Waals surface area contributed by atoms with Crippen LogP contribution in [0.4, 0.5) is 5.69 Å². The molecule has 0 aliphatic carbocycles. The summed E-state index contributed by atoms with van der Waals surface area (Å²) >= 11 is 0. The molecule has 0 atom stereocenters. The molecule has 112 valence electrons. The zero-order chi connectivity index (χ0) is 14.5. The summed E-state index contributed by atoms with van der Waals surface area (Å²) in [6.45, 7) is 11.9. The van der Waals surface area contributed by atoms with Gasteiger partial charge in [-0.3, -0.25) is 4.98 Å². The maximum absolute atomic E-state index is 4.47. The van der Waals surface area contributed by atoms with Gasteiger partial charge in [-0.25, -0.2) is 0 Å². The van der Waals surface area contributed by atoms with Crippen LogP contribution < -0.4 is 10.2 Å². The SMILES string of the molecule is Cc1cc(N2CCCN(C)CC2)c(CNC(C)C)cn1. The minimum Gasteiger partial charge on any atom is -0.370 e. The number of hydrogen-bond donors (Lipinski definition) is 1. The zero-order valence-corrected chi connectivity index (χ0v) is 13.3. The lowest BCUT2D eigenvalue weighted by Crippen LogP contribution is -2.31. The van der Waals surface area contributed by atoms with Gasteiger partial charge in [0.05, 0.1) is 0 Å². The number of nitrogens with one attached hydrogen (secondary N) is 1. The fourth-order valence-electron chi connectivity index (χ4n) is 2.61. The quantitative estimate of drug-likeness (QED) is 0.912. The van der Waals surface area contributed by atoms with Crippen LogP contribution in [0.1, 0.15) is 31.5 Å². The molecule has 1 fully saturated rings. The third kappa shape index (κ3) is 4.18. The molecule has 1 saturated heterocycles. The monoisotopic (exact) mass is 276 g/mol. The van der Waals surface area contributed by atoms with Gasteiger partial charge < -0.3 is 15.1 Å². The van der Waals surface area contributed by atoms with Crippen molar-refractivity contribution in [3.8, 4) is 0 Å². The standard InChI is InChI=1S/C16H28N4/c1-13(2)17-11-15-12-18-14(3)10-16(15)20-7-5-6-19(4)8-9-20/h10,12-13,17H,5-9,11H2,1-4H3. The van der Waals surface area contributed by atoms with Crippen LogP contribution in [0.25, 0.3) is 0 Å². The zero-order valence-electron chi connectivity index (χ0n) is 13.3. The molecule has 1 aromatic heterocycles. The van der Waals surface area contributed by atoms with E-state index in [0.717, 1.165) is 31.9 Å². The summed E-state index contributed by atoms with van der Waals surface area (Å²) in [7, 11) is 2.21. The van der Waals surface area contributed by atoms with Gasteiger partial charge in [0, 0.05) is 55.4 Å². The number of pyridine rings is 1. The molecule has 1 aliphatic heterocycles. The molecule has 20 heavy (non-hydrogen) atoms. The van der Waals surface area contributed by atoms with Crippen LogP contribution in [-0.4, -0.2) is 49.2 Å². The molecule has 0 bridgehead atoms. The lowest BCUT2D eigenvalue weighted by atomic mass is 10.1. The highest BCUT2D eigenvalue weighted by molar-refractivity contribution is 5.53. The summed E-state index contributed by atoms with van der Waals surface area (Å²) in [6, 6.07) is 2.74. The Labute approximate surface area is 123 Å². The molecule has 2 rings (SSSR count). The Morgan fingerprint density at radius 1 is 1.25 bits per heavy atom. The molecular weight excluding hydrogens is 248 g/mol. The summed E-state index contributed by atoms with van der Waals surface area (Å²) < 4.78 is 0. The first-order chi connectivity index (χ1) is 9.56. The van der Waals surface area contributed by atoms with Gasteiger partial charge in [0.25, 0.3) is 0 Å². The lowest BCUT2D eigenvalue weighted by molar-refractivity contribution is 0.360. The van der Waals surface area contributed by atoms with Crippen LogP contribution in [0.5, 0.6) is 0 Å². The summed E-state index contributed by atoms with van der Waals surface area (Å²) in [5.74, 6) is 0. The maximum Gasteiger partial charge on any atom is 0.0446 e. The van der Waals surface area contributed by atoms with Crippen molar-refractivity contribution in [2.45, 2.75) is 39.8 Å². The van der Waals surface area contributed by atoms with E-state index in [0.29, 0.717) is 6.04 Å². The molecule has 1 aliphatic rings. The second-order valence-corrected chi connectivity index (χ2v) is 6.13. The minimum atomic E-state index is 0.499. The van der Waals surface area contributed by atoms with E-state index >= 15 is 0 Å². The predicted octanol–water partition coefficient (Wildman–Crippen LogP) is 2.03. The first-order valence-electron chi connectivity index (χ1n) is 7.68. The average Bonchev–Trinajstić information content (AvgIpc) is 2.62. The molecule has 2 heterocycles. The van der Waals surface area contributed by atoms with E-state index in [1.165, 1.54) is 24.2 Å². The Balaban J connectivity index is 2.17. The smallest absolute Gasteiger partial charge is 0.0446 e. The van der Waals surface area contributed by atoms with Crippen molar-refractivity contribution in [2.24, 2.45) is 0 Å². The number of aromatic nitrogens is 1. The molecule has 0 aromatic carbocycles. The summed E-state index contributed by atoms with van der Waals surface area (Å²) in [5.41, 5.74) is 3.78. The van der Waals surface area contributed by atoms with E-state index in [1.54, 1.807) is 0 Å². The van der Waals surface area contributed by atoms with Gasteiger partial charge in [-0.2, -0.15) is 0 Å². The van der Waals surface area contributed by atoms with Crippen molar-refractivity contribution in [2.75, 3.05) is 38.1 Å². The minimum absolute atomic E-state index is 0.499. The van der Waals surface area contributed by atoms with Gasteiger partial charge in [-0.1, -0.05) is 13.8 Å². The summed E-state index contributed by atoms with van der Waals surface area (Å²) in [6.07, 6.45) is 3.27. The maximum atomic E-state index is 4.47. The van der Waals surface area contributed by atoms with Gasteiger partial charge in [0.2, 0.25) is 0 Å². The molecule has 0 unspecified atom stereocenters. The predicted molar refractivity (Wildman–Crippen MR) is 85.3 cm³/mol. The Morgan fingerprint density at radius 2 is 2.05 bits per heavy atom. The summed E-state index contributed by atoms with van der Waals surface area (Å²) in [4.78, 5) is 9.41. The lowest BCUT2D eigenvalue weighted by Gasteiger charge is -2.26. The van der Waals surface area contributed by atoms with Crippen LogP contribution in [0.15, 0.2) is 12.3 Å². The molecule has 0 saturated carbocycles. The van der Waals surface area contributed by atoms with Crippen LogP contribution in [0.2, 0.25) is 0 Å². The van der Waals surface area contributed by atoms with Gasteiger partial charge in [0.15, 0.2) is 0 Å². The highest BCUT2D eigenvalue weighted by Gasteiger charge is 2.16. The Morgan fingerprint density at radius 3 is 2.80 bits per heavy atom. The fraction of sp³-hybridized carbons (Fsp3) is 0.688. The molecule has 4 nitrogen and oxygen atoms in total. The third-order valence-electron chi connectivity index (χ3n) is 3.86. The number of likely N-dealkylation sites (N-methyl/N-ethyl adjacent to an activating group) is 1. The third-order valence-corrected chi connectivity index (χ3v) is 3.86. The average molecular weight is 276 g/mol. The van der Waals surface area contributed by atoms with E-state index in [-0.39, 0.29) is 0 Å². The molecule has 1 aromatic rings. The topological polar surface area (TPSA) is 31.4 Å². The molecule has 0 spiro atoms. The highest BCUT2D eigenvalue weighted by atomic mass is 15.2. The number of aryl methyl sites for hydroxylation is 1. The molecule has 4 heteroatoms. The van der Waals surface area contributed by atoms with Crippen molar-refractivity contribution in [3.63, 3.8) is 0 Å². The molecule has 0 amide bonds. The Bertz CT molecular complexity index is 430. The number of rotatable bonds is 4. The van der Waals surface area contributed by atoms with Crippen LogP contribution in [-0.2, 0) is 6.54 Å². The molecule has 1 N–H and O–H groups in total. The summed E-state index contributed by atoms with van der Waals surface area (Å²) in [5, 5.41) is 3.51. The van der Waals surface area contributed by atoms with Gasteiger partial charge in [-0.15, -0.1) is 0 Å². The van der Waals surface area contributed by atoms with Crippen molar-refractivity contribution < 1.29 is 0 Å². The van der Waals surface area contributed by atoms with E-state index in [9.17, 15) is 0 Å². The van der Waals surface area contributed by atoms with Crippen molar-refractivity contribution in [1.82, 2.24) is 15.2 Å². The molecular formula is C16H28N4. The second kappa shape index (κ2) is 7.04.